The Balaban J connectivity index is 1.56. The number of thiophene rings is 1. The third-order valence-corrected chi connectivity index (χ3v) is 6.05. The second kappa shape index (κ2) is 6.57. The maximum atomic E-state index is 10.9. The van der Waals surface area contributed by atoms with Crippen molar-refractivity contribution in [3.05, 3.63) is 44.6 Å². The summed E-state index contributed by atoms with van der Waals surface area (Å²) in [6.45, 7) is 3.71. The summed E-state index contributed by atoms with van der Waals surface area (Å²) in [6, 6.07) is 3.44. The van der Waals surface area contributed by atoms with Gasteiger partial charge in [-0.1, -0.05) is 11.3 Å². The van der Waals surface area contributed by atoms with Gasteiger partial charge in [0.25, 0.3) is 0 Å². The summed E-state index contributed by atoms with van der Waals surface area (Å²) in [5.74, 6) is 0.720. The molecule has 1 saturated heterocycles. The lowest BCUT2D eigenvalue weighted by Crippen LogP contribution is -2.40. The highest BCUT2D eigenvalue weighted by Crippen LogP contribution is 2.40. The van der Waals surface area contributed by atoms with E-state index in [1.165, 1.54) is 11.3 Å². The summed E-state index contributed by atoms with van der Waals surface area (Å²) in [6.07, 6.45) is 2.85. The molecular formula is C17H21N5O3S. The van der Waals surface area contributed by atoms with Gasteiger partial charge in [0.1, 0.15) is 0 Å². The zero-order valence-corrected chi connectivity index (χ0v) is 15.7. The quantitative estimate of drug-likeness (QED) is 0.598. The van der Waals surface area contributed by atoms with E-state index in [1.807, 2.05) is 31.3 Å². The van der Waals surface area contributed by atoms with Crippen molar-refractivity contribution >= 4 is 22.3 Å². The number of nitro groups is 1. The van der Waals surface area contributed by atoms with Crippen molar-refractivity contribution in [1.29, 1.82) is 0 Å². The summed E-state index contributed by atoms with van der Waals surface area (Å²) in [7, 11) is 3.89. The van der Waals surface area contributed by atoms with E-state index in [2.05, 4.69) is 9.88 Å². The maximum absolute atomic E-state index is 10.9. The summed E-state index contributed by atoms with van der Waals surface area (Å²) in [4.78, 5) is 25.1. The van der Waals surface area contributed by atoms with Crippen LogP contribution in [0.25, 0.3) is 0 Å². The number of fused-ring (bicyclic) bond motifs is 2. The highest BCUT2D eigenvalue weighted by molar-refractivity contribution is 7.15. The second-order valence-electron chi connectivity index (χ2n) is 7.17. The third kappa shape index (κ3) is 3.06. The first-order valence-corrected chi connectivity index (χ1v) is 9.35. The number of hydrogen-bond acceptors (Lipinski definition) is 8. The monoisotopic (exact) mass is 375 g/mol. The van der Waals surface area contributed by atoms with Crippen LogP contribution in [0.3, 0.4) is 0 Å². The number of aromatic nitrogens is 2. The number of hydrogen-bond donors (Lipinski definition) is 0. The molecule has 2 aromatic heterocycles. The van der Waals surface area contributed by atoms with Crippen LogP contribution in [0.2, 0.25) is 0 Å². The molecule has 2 aromatic rings. The predicted octanol–water partition coefficient (Wildman–Crippen LogP) is 2.19. The highest BCUT2D eigenvalue weighted by atomic mass is 32.1. The molecule has 0 aliphatic carbocycles. The van der Waals surface area contributed by atoms with Crippen LogP contribution in [0.4, 0.5) is 10.9 Å². The van der Waals surface area contributed by atoms with Gasteiger partial charge in [0.05, 0.1) is 29.2 Å². The van der Waals surface area contributed by atoms with Crippen LogP contribution in [0.15, 0.2) is 18.3 Å². The van der Waals surface area contributed by atoms with Crippen LogP contribution < -0.4 is 4.90 Å². The molecule has 4 rings (SSSR count). The van der Waals surface area contributed by atoms with E-state index in [-0.39, 0.29) is 15.3 Å². The Morgan fingerprint density at radius 1 is 1.46 bits per heavy atom. The van der Waals surface area contributed by atoms with Gasteiger partial charge in [0.2, 0.25) is 5.95 Å². The molecule has 0 saturated carbocycles. The zero-order chi connectivity index (χ0) is 18.3. The standard InChI is InChI=1S/C17H21N5O3S/c1-20(2)16-18-7-12-9-25-11-17(15(12)19-16)5-6-21(10-17)8-13-3-4-14(26-13)22(23)24/h3-4,7H,5-6,8-11H2,1-2H3. The van der Waals surface area contributed by atoms with E-state index >= 15 is 0 Å². The van der Waals surface area contributed by atoms with Gasteiger partial charge in [0, 0.05) is 49.9 Å². The zero-order valence-electron chi connectivity index (χ0n) is 14.8. The molecule has 26 heavy (non-hydrogen) atoms. The van der Waals surface area contributed by atoms with E-state index in [9.17, 15) is 10.1 Å². The van der Waals surface area contributed by atoms with Crippen LogP contribution in [-0.2, 0) is 23.3 Å². The van der Waals surface area contributed by atoms with Gasteiger partial charge in [-0.2, -0.15) is 0 Å². The van der Waals surface area contributed by atoms with Crippen molar-refractivity contribution in [3.63, 3.8) is 0 Å². The van der Waals surface area contributed by atoms with Crippen molar-refractivity contribution in [1.82, 2.24) is 14.9 Å². The Kier molecular flexibility index (Phi) is 4.37. The van der Waals surface area contributed by atoms with Gasteiger partial charge in [-0.25, -0.2) is 9.97 Å². The molecule has 1 spiro atoms. The average molecular weight is 375 g/mol. The molecule has 2 aliphatic rings. The summed E-state index contributed by atoms with van der Waals surface area (Å²) in [5, 5.41) is 11.1. The first-order chi connectivity index (χ1) is 12.5. The van der Waals surface area contributed by atoms with Crippen LogP contribution in [-0.4, -0.2) is 53.6 Å². The van der Waals surface area contributed by atoms with Crippen molar-refractivity contribution in [3.8, 4) is 0 Å². The molecule has 9 heteroatoms. The number of nitrogens with zero attached hydrogens (tertiary/aromatic N) is 5. The Hall–Kier alpha value is -2.10. The van der Waals surface area contributed by atoms with Crippen molar-refractivity contribution < 1.29 is 9.66 Å². The fraction of sp³-hybridized carbons (Fsp3) is 0.529. The van der Waals surface area contributed by atoms with Crippen LogP contribution >= 0.6 is 11.3 Å². The topological polar surface area (TPSA) is 84.6 Å². The number of likely N-dealkylation sites (tertiary alicyclic amines) is 1. The lowest BCUT2D eigenvalue weighted by molar-refractivity contribution is -0.380. The molecule has 2 aliphatic heterocycles. The highest BCUT2D eigenvalue weighted by Gasteiger charge is 2.45. The molecule has 0 amide bonds. The molecule has 0 N–H and O–H groups in total. The van der Waals surface area contributed by atoms with E-state index in [0.29, 0.717) is 13.2 Å². The fourth-order valence-corrected chi connectivity index (χ4v) is 4.64. The van der Waals surface area contributed by atoms with Crippen molar-refractivity contribution in [2.45, 2.75) is 25.0 Å². The molecule has 4 heterocycles. The summed E-state index contributed by atoms with van der Waals surface area (Å²) >= 11 is 1.25. The van der Waals surface area contributed by atoms with Gasteiger partial charge >= 0.3 is 5.00 Å². The predicted molar refractivity (Wildman–Crippen MR) is 98.6 cm³/mol. The minimum Gasteiger partial charge on any atom is -0.376 e. The smallest absolute Gasteiger partial charge is 0.324 e. The first-order valence-electron chi connectivity index (χ1n) is 8.54. The van der Waals surface area contributed by atoms with Crippen molar-refractivity contribution in [2.75, 3.05) is 38.7 Å². The molecular weight excluding hydrogens is 354 g/mol. The molecule has 138 valence electrons. The van der Waals surface area contributed by atoms with Gasteiger partial charge in [-0.15, -0.1) is 0 Å². The Morgan fingerprint density at radius 3 is 3.04 bits per heavy atom. The molecule has 1 unspecified atom stereocenters. The van der Waals surface area contributed by atoms with Crippen LogP contribution in [0.5, 0.6) is 0 Å². The van der Waals surface area contributed by atoms with E-state index in [1.54, 1.807) is 6.07 Å². The Morgan fingerprint density at radius 2 is 2.31 bits per heavy atom. The molecule has 1 atom stereocenters. The molecule has 0 bridgehead atoms. The lowest BCUT2D eigenvalue weighted by Gasteiger charge is -2.34. The number of ether oxygens (including phenoxy) is 1. The van der Waals surface area contributed by atoms with Gasteiger partial charge in [-0.05, 0) is 19.0 Å². The van der Waals surface area contributed by atoms with Gasteiger partial charge in [-0.3, -0.25) is 15.0 Å². The lowest BCUT2D eigenvalue weighted by atomic mass is 9.80. The van der Waals surface area contributed by atoms with Gasteiger partial charge < -0.3 is 9.64 Å². The normalized spacial score (nSPS) is 22.5. The Bertz CT molecular complexity index is 840. The second-order valence-corrected chi connectivity index (χ2v) is 8.32. The largest absolute Gasteiger partial charge is 0.376 e. The van der Waals surface area contributed by atoms with Crippen LogP contribution in [0, 0.1) is 10.1 Å². The van der Waals surface area contributed by atoms with E-state index in [4.69, 9.17) is 9.72 Å². The number of rotatable bonds is 4. The van der Waals surface area contributed by atoms with Gasteiger partial charge in [0.15, 0.2) is 0 Å². The SMILES string of the molecule is CN(C)c1ncc2c(n1)C1(CCN(Cc3ccc([N+](=O)[O-])s3)C1)COC2. The Labute approximate surface area is 155 Å². The van der Waals surface area contributed by atoms with E-state index in [0.717, 1.165) is 48.1 Å². The summed E-state index contributed by atoms with van der Waals surface area (Å²) < 4.78 is 5.86. The minimum atomic E-state index is -0.329. The van der Waals surface area contributed by atoms with Crippen LogP contribution in [0.1, 0.15) is 22.6 Å². The molecule has 8 nitrogen and oxygen atoms in total. The molecule has 0 radical (unpaired) electrons. The molecule has 1 fully saturated rings. The molecule has 0 aromatic carbocycles. The average Bonchev–Trinajstić information content (AvgIpc) is 3.23. The maximum Gasteiger partial charge on any atom is 0.324 e. The summed E-state index contributed by atoms with van der Waals surface area (Å²) in [5.41, 5.74) is 2.04. The minimum absolute atomic E-state index is 0.121. The fourth-order valence-electron chi connectivity index (χ4n) is 3.78. The number of anilines is 1. The van der Waals surface area contributed by atoms with Crippen molar-refractivity contribution in [2.24, 2.45) is 0 Å². The first kappa shape index (κ1) is 17.3. The van der Waals surface area contributed by atoms with E-state index < -0.39 is 0 Å². The third-order valence-electron chi connectivity index (χ3n) is 5.03.